The van der Waals surface area contributed by atoms with Crippen molar-refractivity contribution in [3.63, 3.8) is 0 Å². The van der Waals surface area contributed by atoms with Gasteiger partial charge in [0.05, 0.1) is 5.69 Å². The number of likely N-dealkylation sites (tertiary alicyclic amines) is 1. The summed E-state index contributed by atoms with van der Waals surface area (Å²) < 4.78 is 0. The number of nitrogens with one attached hydrogen (secondary N) is 1. The third kappa shape index (κ3) is 3.30. The maximum Gasteiger partial charge on any atom is 0.153 e. The number of halogens is 1. The maximum absolute atomic E-state index is 5.83. The molecule has 0 radical (unpaired) electrons. The van der Waals surface area contributed by atoms with E-state index in [-0.39, 0.29) is 0 Å². The second-order valence-electron chi connectivity index (χ2n) is 7.38. The summed E-state index contributed by atoms with van der Waals surface area (Å²) in [4.78, 5) is 7.23. The Morgan fingerprint density at radius 3 is 2.71 bits per heavy atom. The Kier molecular flexibility index (Phi) is 4.26. The summed E-state index contributed by atoms with van der Waals surface area (Å²) in [6, 6.07) is 3.77. The Hall–Kier alpha value is -1.53. The summed E-state index contributed by atoms with van der Waals surface area (Å²) in [5.41, 5.74) is 0.968. The van der Waals surface area contributed by atoms with Crippen LogP contribution in [0.4, 0.5) is 0 Å². The van der Waals surface area contributed by atoms with Gasteiger partial charge in [-0.25, -0.2) is 4.98 Å². The molecule has 0 bridgehead atoms. The molecule has 2 fully saturated rings. The van der Waals surface area contributed by atoms with Gasteiger partial charge in [-0.2, -0.15) is 10.2 Å². The van der Waals surface area contributed by atoms with E-state index in [9.17, 15) is 0 Å². The minimum Gasteiger partial charge on any atom is -0.296 e. The van der Waals surface area contributed by atoms with Crippen LogP contribution < -0.4 is 0 Å². The van der Waals surface area contributed by atoms with E-state index in [1.165, 1.54) is 12.8 Å². The first kappa shape index (κ1) is 16.0. The highest BCUT2D eigenvalue weighted by atomic mass is 35.5. The summed E-state index contributed by atoms with van der Waals surface area (Å²) in [5.74, 6) is 4.28. The molecule has 24 heavy (non-hydrogen) atoms. The third-order valence-corrected chi connectivity index (χ3v) is 5.33. The van der Waals surface area contributed by atoms with Gasteiger partial charge >= 0.3 is 0 Å². The molecule has 0 spiro atoms. The van der Waals surface area contributed by atoms with Crippen molar-refractivity contribution >= 4 is 11.6 Å². The predicted molar refractivity (Wildman–Crippen MR) is 91.7 cm³/mol. The SMILES string of the molecule is CC(C)c1n[nH]c([C@@H]2CN(Cc3ccc(Cl)nn3)C[C@H]2C2CC2)n1. The summed E-state index contributed by atoms with van der Waals surface area (Å²) in [5, 5.41) is 16.2. The third-order valence-electron chi connectivity index (χ3n) is 5.13. The highest BCUT2D eigenvalue weighted by molar-refractivity contribution is 6.29. The average molecular weight is 347 g/mol. The van der Waals surface area contributed by atoms with E-state index in [4.69, 9.17) is 16.6 Å². The fraction of sp³-hybridized carbons (Fsp3) is 0.647. The van der Waals surface area contributed by atoms with Crippen molar-refractivity contribution in [1.82, 2.24) is 30.3 Å². The van der Waals surface area contributed by atoms with Gasteiger partial charge in [0.2, 0.25) is 0 Å². The fourth-order valence-electron chi connectivity index (χ4n) is 3.70. The van der Waals surface area contributed by atoms with Crippen molar-refractivity contribution in [3.8, 4) is 0 Å². The smallest absolute Gasteiger partial charge is 0.153 e. The second-order valence-corrected chi connectivity index (χ2v) is 7.77. The molecule has 2 aromatic heterocycles. The molecule has 1 N–H and O–H groups in total. The number of hydrogen-bond donors (Lipinski definition) is 1. The first-order chi connectivity index (χ1) is 11.6. The molecule has 0 aromatic carbocycles. The molecule has 0 amide bonds. The topological polar surface area (TPSA) is 70.6 Å². The molecule has 2 aliphatic rings. The molecule has 0 unspecified atom stereocenters. The van der Waals surface area contributed by atoms with Gasteiger partial charge in [0.25, 0.3) is 0 Å². The van der Waals surface area contributed by atoms with Gasteiger partial charge in [0.1, 0.15) is 5.82 Å². The van der Waals surface area contributed by atoms with Gasteiger partial charge < -0.3 is 0 Å². The lowest BCUT2D eigenvalue weighted by atomic mass is 9.91. The van der Waals surface area contributed by atoms with Gasteiger partial charge in [0.15, 0.2) is 11.0 Å². The van der Waals surface area contributed by atoms with Crippen molar-refractivity contribution in [3.05, 3.63) is 34.6 Å². The Balaban J connectivity index is 1.49. The standard InChI is InChI=1S/C17H23ClN6/c1-10(2)16-19-17(23-22-16)14-9-24(8-13(14)11-3-4-11)7-12-5-6-15(18)21-20-12/h5-6,10-11,13-14H,3-4,7-9H2,1-2H3,(H,19,22,23)/t13-,14+/m0/s1. The van der Waals surface area contributed by atoms with Crippen LogP contribution in [0.5, 0.6) is 0 Å². The lowest BCUT2D eigenvalue weighted by molar-refractivity contribution is 0.305. The minimum absolute atomic E-state index is 0.358. The van der Waals surface area contributed by atoms with Gasteiger partial charge in [-0.1, -0.05) is 25.4 Å². The Morgan fingerprint density at radius 2 is 2.08 bits per heavy atom. The maximum atomic E-state index is 5.83. The Labute approximate surface area is 147 Å². The largest absolute Gasteiger partial charge is 0.296 e. The molecule has 2 aromatic rings. The molecule has 1 aliphatic carbocycles. The highest BCUT2D eigenvalue weighted by Crippen LogP contribution is 2.47. The van der Waals surface area contributed by atoms with Crippen molar-refractivity contribution in [2.24, 2.45) is 11.8 Å². The normalized spacial score (nSPS) is 24.8. The Morgan fingerprint density at radius 1 is 1.25 bits per heavy atom. The molecule has 1 saturated heterocycles. The molecule has 1 saturated carbocycles. The van der Waals surface area contributed by atoms with Crippen LogP contribution in [0.1, 0.15) is 55.9 Å². The number of hydrogen-bond acceptors (Lipinski definition) is 5. The number of aromatic amines is 1. The highest BCUT2D eigenvalue weighted by Gasteiger charge is 2.44. The van der Waals surface area contributed by atoms with Gasteiger partial charge in [-0.3, -0.25) is 10.00 Å². The summed E-state index contributed by atoms with van der Waals surface area (Å²) in [6.45, 7) is 7.17. The van der Waals surface area contributed by atoms with Crippen LogP contribution in [0, 0.1) is 11.8 Å². The number of nitrogens with zero attached hydrogens (tertiary/aromatic N) is 5. The van der Waals surface area contributed by atoms with Crippen LogP contribution >= 0.6 is 11.6 Å². The molecule has 6 nitrogen and oxygen atoms in total. The quantitative estimate of drug-likeness (QED) is 0.901. The summed E-state index contributed by atoms with van der Waals surface area (Å²) in [6.07, 6.45) is 2.70. The van der Waals surface area contributed by atoms with Gasteiger partial charge in [-0.05, 0) is 36.8 Å². The van der Waals surface area contributed by atoms with E-state index in [1.54, 1.807) is 6.07 Å². The van der Waals surface area contributed by atoms with Crippen LogP contribution in [0.15, 0.2) is 12.1 Å². The molecule has 1 aliphatic heterocycles. The van der Waals surface area contributed by atoms with Crippen LogP contribution in [-0.4, -0.2) is 43.4 Å². The van der Waals surface area contributed by atoms with Crippen molar-refractivity contribution < 1.29 is 0 Å². The van der Waals surface area contributed by atoms with E-state index in [2.05, 4.69) is 39.1 Å². The lowest BCUT2D eigenvalue weighted by Gasteiger charge is -2.14. The fourth-order valence-corrected chi connectivity index (χ4v) is 3.80. The van der Waals surface area contributed by atoms with Crippen molar-refractivity contribution in [2.75, 3.05) is 13.1 Å². The van der Waals surface area contributed by atoms with Crippen molar-refractivity contribution in [2.45, 2.75) is 45.1 Å². The molecule has 2 atom stereocenters. The lowest BCUT2D eigenvalue weighted by Crippen LogP contribution is -2.21. The Bertz CT molecular complexity index is 693. The van der Waals surface area contributed by atoms with Gasteiger partial charge in [0, 0.05) is 31.5 Å². The van der Waals surface area contributed by atoms with Crippen LogP contribution in [0.2, 0.25) is 5.15 Å². The predicted octanol–water partition coefficient (Wildman–Crippen LogP) is 3.00. The molecule has 4 rings (SSSR count). The first-order valence-electron chi connectivity index (χ1n) is 8.73. The zero-order valence-electron chi connectivity index (χ0n) is 14.1. The second kappa shape index (κ2) is 6.41. The first-order valence-corrected chi connectivity index (χ1v) is 9.10. The molecule has 7 heteroatoms. The number of rotatable bonds is 5. The minimum atomic E-state index is 0.358. The van der Waals surface area contributed by atoms with Crippen molar-refractivity contribution in [1.29, 1.82) is 0 Å². The number of H-pyrrole nitrogens is 1. The molecular formula is C17H23ClN6. The van der Waals surface area contributed by atoms with Gasteiger partial charge in [-0.15, -0.1) is 5.10 Å². The summed E-state index contributed by atoms with van der Waals surface area (Å²) >= 11 is 5.83. The number of aromatic nitrogens is 5. The van der Waals surface area contributed by atoms with E-state index in [1.807, 2.05) is 6.07 Å². The van der Waals surface area contributed by atoms with Crippen LogP contribution in [-0.2, 0) is 6.54 Å². The van der Waals surface area contributed by atoms with E-state index >= 15 is 0 Å². The van der Waals surface area contributed by atoms with E-state index in [0.29, 0.717) is 22.9 Å². The monoisotopic (exact) mass is 346 g/mol. The average Bonchev–Trinajstić information content (AvgIpc) is 3.13. The van der Waals surface area contributed by atoms with E-state index in [0.717, 1.165) is 42.9 Å². The zero-order valence-corrected chi connectivity index (χ0v) is 14.9. The zero-order chi connectivity index (χ0) is 16.7. The van der Waals surface area contributed by atoms with E-state index < -0.39 is 0 Å². The molecule has 128 valence electrons. The van der Waals surface area contributed by atoms with Crippen LogP contribution in [0.25, 0.3) is 0 Å². The van der Waals surface area contributed by atoms with Crippen LogP contribution in [0.3, 0.4) is 0 Å². The molecular weight excluding hydrogens is 324 g/mol. The molecule has 3 heterocycles. The summed E-state index contributed by atoms with van der Waals surface area (Å²) in [7, 11) is 0.